The van der Waals surface area contributed by atoms with Gasteiger partial charge in [0.1, 0.15) is 7.11 Å². The first-order valence-electron chi connectivity index (χ1n) is 9.17. The van der Waals surface area contributed by atoms with Crippen molar-refractivity contribution in [2.75, 3.05) is 12.4 Å². The minimum Gasteiger partial charge on any atom is -0.399 e. The second kappa shape index (κ2) is 8.71. The van der Waals surface area contributed by atoms with Crippen LogP contribution in [0.2, 0.25) is 0 Å². The third-order valence-corrected chi connectivity index (χ3v) is 5.36. The van der Waals surface area contributed by atoms with Gasteiger partial charge >= 0.3 is 0 Å². The number of hydrogen-bond donors (Lipinski definition) is 1. The van der Waals surface area contributed by atoms with Crippen LogP contribution in [0.5, 0.6) is 0 Å². The van der Waals surface area contributed by atoms with Gasteiger partial charge in [0, 0.05) is 24.2 Å². The predicted octanol–water partition coefficient (Wildman–Crippen LogP) is 4.62. The van der Waals surface area contributed by atoms with Crippen LogP contribution >= 0.6 is 11.3 Å². The van der Waals surface area contributed by atoms with Crippen LogP contribution < -0.4 is 5.32 Å². The Morgan fingerprint density at radius 1 is 1.20 bits per heavy atom. The number of carbonyl (C=O) groups is 1. The lowest BCUT2D eigenvalue weighted by molar-refractivity contribution is 0.102. The molecular formula is C22H19N5O2S. The first kappa shape index (κ1) is 19.5. The monoisotopic (exact) mass is 417 g/mol. The molecule has 0 radical (unpaired) electrons. The number of nitrogens with zero attached hydrogens (tertiary/aromatic N) is 4. The van der Waals surface area contributed by atoms with Gasteiger partial charge in [-0.05, 0) is 42.6 Å². The van der Waals surface area contributed by atoms with Gasteiger partial charge in [0.2, 0.25) is 0 Å². The third kappa shape index (κ3) is 4.13. The van der Waals surface area contributed by atoms with E-state index in [9.17, 15) is 4.79 Å². The topological polar surface area (TPSA) is 81.4 Å². The van der Waals surface area contributed by atoms with E-state index in [4.69, 9.17) is 4.84 Å². The van der Waals surface area contributed by atoms with Gasteiger partial charge in [-0.2, -0.15) is 0 Å². The fourth-order valence-electron chi connectivity index (χ4n) is 2.97. The molecule has 0 aliphatic heterocycles. The molecule has 7 nitrogen and oxygen atoms in total. The van der Waals surface area contributed by atoms with Crippen LogP contribution in [0.3, 0.4) is 0 Å². The molecule has 1 amide bonds. The highest BCUT2D eigenvalue weighted by Crippen LogP contribution is 2.25. The molecule has 1 N–H and O–H groups in total. The molecular weight excluding hydrogens is 398 g/mol. The second-order valence-electron chi connectivity index (χ2n) is 6.42. The van der Waals surface area contributed by atoms with E-state index in [-0.39, 0.29) is 5.91 Å². The van der Waals surface area contributed by atoms with Crippen molar-refractivity contribution in [2.24, 2.45) is 5.16 Å². The maximum Gasteiger partial charge on any atom is 0.257 e. The van der Waals surface area contributed by atoms with Crippen LogP contribution in [-0.2, 0) is 4.84 Å². The van der Waals surface area contributed by atoms with Crippen LogP contribution in [0.1, 0.15) is 22.8 Å². The molecule has 0 saturated heterocycles. The number of imidazole rings is 1. The Morgan fingerprint density at radius 2 is 2.07 bits per heavy atom. The van der Waals surface area contributed by atoms with E-state index >= 15 is 0 Å². The fraction of sp³-hybridized carbons (Fsp3) is 0.0909. The quantitative estimate of drug-likeness (QED) is 0.367. The highest BCUT2D eigenvalue weighted by Gasteiger charge is 2.13. The maximum absolute atomic E-state index is 12.9. The molecule has 0 atom stereocenters. The third-order valence-electron chi connectivity index (χ3n) is 4.47. The SMILES string of the molecule is CO/N=C(\C)c1ccc(-n2ccnc2)c(NC(=O)c2ccc(-c3cccs3)nc2)c1. The number of aromatic nitrogens is 3. The lowest BCUT2D eigenvalue weighted by atomic mass is 10.1. The number of amides is 1. The van der Waals surface area contributed by atoms with Gasteiger partial charge in [-0.1, -0.05) is 17.3 Å². The first-order chi connectivity index (χ1) is 14.7. The van der Waals surface area contributed by atoms with Gasteiger partial charge in [-0.3, -0.25) is 9.78 Å². The number of hydrogen-bond acceptors (Lipinski definition) is 6. The highest BCUT2D eigenvalue weighted by molar-refractivity contribution is 7.13. The summed E-state index contributed by atoms with van der Waals surface area (Å²) in [6.07, 6.45) is 6.77. The molecule has 30 heavy (non-hydrogen) atoms. The van der Waals surface area contributed by atoms with Crippen molar-refractivity contribution >= 4 is 28.6 Å². The van der Waals surface area contributed by atoms with Crippen LogP contribution in [0.4, 0.5) is 5.69 Å². The summed E-state index contributed by atoms with van der Waals surface area (Å²) in [5, 5.41) is 8.96. The number of anilines is 1. The summed E-state index contributed by atoms with van der Waals surface area (Å²) < 4.78 is 1.83. The summed E-state index contributed by atoms with van der Waals surface area (Å²) >= 11 is 1.61. The molecule has 0 fully saturated rings. The molecule has 0 spiro atoms. The van der Waals surface area contributed by atoms with Crippen molar-refractivity contribution in [1.29, 1.82) is 0 Å². The summed E-state index contributed by atoms with van der Waals surface area (Å²) in [6, 6.07) is 13.3. The number of nitrogens with one attached hydrogen (secondary N) is 1. The van der Waals surface area contributed by atoms with Gasteiger partial charge in [0.15, 0.2) is 0 Å². The number of oxime groups is 1. The zero-order valence-corrected chi connectivity index (χ0v) is 17.3. The van der Waals surface area contributed by atoms with Crippen molar-refractivity contribution in [3.8, 4) is 16.3 Å². The van der Waals surface area contributed by atoms with Crippen molar-refractivity contribution in [1.82, 2.24) is 14.5 Å². The van der Waals surface area contributed by atoms with Crippen LogP contribution in [-0.4, -0.2) is 33.3 Å². The van der Waals surface area contributed by atoms with Crippen molar-refractivity contribution in [3.63, 3.8) is 0 Å². The van der Waals surface area contributed by atoms with Crippen LogP contribution in [0.15, 0.2) is 77.9 Å². The van der Waals surface area contributed by atoms with E-state index < -0.39 is 0 Å². The molecule has 0 aliphatic rings. The molecule has 8 heteroatoms. The zero-order chi connectivity index (χ0) is 20.9. The number of rotatable bonds is 6. The Kier molecular flexibility index (Phi) is 5.67. The minimum atomic E-state index is -0.250. The molecule has 4 aromatic rings. The molecule has 150 valence electrons. The lowest BCUT2D eigenvalue weighted by Gasteiger charge is -2.14. The summed E-state index contributed by atoms with van der Waals surface area (Å²) in [7, 11) is 1.50. The Morgan fingerprint density at radius 3 is 2.73 bits per heavy atom. The molecule has 3 aromatic heterocycles. The van der Waals surface area contributed by atoms with Gasteiger partial charge in [-0.25, -0.2) is 4.98 Å². The number of pyridine rings is 1. The second-order valence-corrected chi connectivity index (χ2v) is 7.37. The molecule has 3 heterocycles. The van der Waals surface area contributed by atoms with Gasteiger partial charge in [0.25, 0.3) is 5.91 Å². The van der Waals surface area contributed by atoms with Crippen molar-refractivity contribution < 1.29 is 9.63 Å². The lowest BCUT2D eigenvalue weighted by Crippen LogP contribution is -2.14. The van der Waals surface area contributed by atoms with Gasteiger partial charge in [0.05, 0.1) is 39.5 Å². The standard InChI is InChI=1S/C22H19N5O2S/c1-15(26-29-2)16-6-8-20(27-10-9-23-14-27)19(12-16)25-22(28)17-5-7-18(24-13-17)21-4-3-11-30-21/h3-14H,1-2H3,(H,25,28)/b26-15+. The summed E-state index contributed by atoms with van der Waals surface area (Å²) in [6.45, 7) is 1.84. The van der Waals surface area contributed by atoms with Crippen molar-refractivity contribution in [2.45, 2.75) is 6.92 Å². The van der Waals surface area contributed by atoms with E-state index in [1.807, 2.05) is 59.5 Å². The summed E-state index contributed by atoms with van der Waals surface area (Å²) in [5.41, 5.74) is 4.27. The summed E-state index contributed by atoms with van der Waals surface area (Å²) in [4.78, 5) is 27.4. The van der Waals surface area contributed by atoms with Crippen molar-refractivity contribution in [3.05, 3.63) is 83.9 Å². The van der Waals surface area contributed by atoms with E-state index in [0.717, 1.165) is 21.8 Å². The largest absolute Gasteiger partial charge is 0.399 e. The summed E-state index contributed by atoms with van der Waals surface area (Å²) in [5.74, 6) is -0.250. The highest BCUT2D eigenvalue weighted by atomic mass is 32.1. The first-order valence-corrected chi connectivity index (χ1v) is 10.1. The number of thiophene rings is 1. The Hall–Kier alpha value is -3.78. The molecule has 0 bridgehead atoms. The normalized spacial score (nSPS) is 11.3. The number of benzene rings is 1. The molecule has 0 unspecified atom stereocenters. The molecule has 0 saturated carbocycles. The maximum atomic E-state index is 12.9. The Balaban J connectivity index is 1.64. The van der Waals surface area contributed by atoms with Crippen LogP contribution in [0.25, 0.3) is 16.3 Å². The van der Waals surface area contributed by atoms with Gasteiger partial charge in [-0.15, -0.1) is 11.3 Å². The Bertz CT molecular complexity index is 1170. The smallest absolute Gasteiger partial charge is 0.257 e. The fourth-order valence-corrected chi connectivity index (χ4v) is 3.67. The van der Waals surface area contributed by atoms with E-state index in [1.165, 1.54) is 7.11 Å². The molecule has 0 aliphatic carbocycles. The minimum absolute atomic E-state index is 0.250. The predicted molar refractivity (Wildman–Crippen MR) is 118 cm³/mol. The van der Waals surface area contributed by atoms with E-state index in [0.29, 0.717) is 17.0 Å². The molecule has 4 rings (SSSR count). The average molecular weight is 417 g/mol. The van der Waals surface area contributed by atoms with E-state index in [2.05, 4.69) is 20.4 Å². The van der Waals surface area contributed by atoms with Crippen LogP contribution in [0, 0.1) is 0 Å². The van der Waals surface area contributed by atoms with E-state index in [1.54, 1.807) is 36.1 Å². The molecule has 1 aromatic carbocycles. The Labute approximate surface area is 177 Å². The van der Waals surface area contributed by atoms with Gasteiger partial charge < -0.3 is 14.7 Å². The zero-order valence-electron chi connectivity index (χ0n) is 16.4. The average Bonchev–Trinajstić information content (AvgIpc) is 3.48. The number of carbonyl (C=O) groups excluding carboxylic acids is 1.